The maximum Gasteiger partial charge on any atom is 0.199 e. The van der Waals surface area contributed by atoms with Gasteiger partial charge in [-0.05, 0) is 66.3 Å². The van der Waals surface area contributed by atoms with Crippen LogP contribution in [0.5, 0.6) is 11.5 Å². The average Bonchev–Trinajstić information content (AvgIpc) is 2.93. The summed E-state index contributed by atoms with van der Waals surface area (Å²) in [7, 11) is 0. The van der Waals surface area contributed by atoms with Gasteiger partial charge < -0.3 is 19.3 Å². The van der Waals surface area contributed by atoms with E-state index < -0.39 is 17.7 Å². The van der Waals surface area contributed by atoms with Gasteiger partial charge in [0.05, 0.1) is 13.2 Å². The first-order chi connectivity index (χ1) is 18.5. The summed E-state index contributed by atoms with van der Waals surface area (Å²) in [5.74, 6) is -0.00115. The molecule has 38 heavy (non-hydrogen) atoms. The van der Waals surface area contributed by atoms with Gasteiger partial charge in [0.2, 0.25) is 0 Å². The molecule has 1 N–H and O–H groups in total. The third-order valence-electron chi connectivity index (χ3n) is 6.50. The van der Waals surface area contributed by atoms with E-state index in [0.29, 0.717) is 29.2 Å². The van der Waals surface area contributed by atoms with Gasteiger partial charge in [-0.3, -0.25) is 0 Å². The third kappa shape index (κ3) is 6.32. The van der Waals surface area contributed by atoms with E-state index in [1.54, 1.807) is 6.08 Å². The molecule has 6 heteroatoms. The number of halogens is 2. The number of aliphatic hydroxyl groups excluding tert-OH is 1. The van der Waals surface area contributed by atoms with Crippen molar-refractivity contribution in [3.63, 3.8) is 0 Å². The molecule has 0 aromatic heterocycles. The zero-order valence-electron chi connectivity index (χ0n) is 22.0. The van der Waals surface area contributed by atoms with Crippen molar-refractivity contribution >= 4 is 17.2 Å². The highest BCUT2D eigenvalue weighted by Crippen LogP contribution is 2.47. The van der Waals surface area contributed by atoms with Crippen molar-refractivity contribution in [3.8, 4) is 11.5 Å². The Kier molecular flexibility index (Phi) is 9.32. The molecule has 0 saturated carbocycles. The Labute approximate surface area is 223 Å². The Morgan fingerprint density at radius 3 is 2.37 bits per heavy atom. The van der Waals surface area contributed by atoms with Crippen molar-refractivity contribution in [2.45, 2.75) is 52.4 Å². The summed E-state index contributed by atoms with van der Waals surface area (Å²) in [6, 6.07) is 16.8. The molecule has 200 valence electrons. The van der Waals surface area contributed by atoms with E-state index in [2.05, 4.69) is 0 Å². The number of rotatable bonds is 6. The molecule has 3 aromatic rings. The number of aliphatic hydroxyl groups is 1. The molecule has 0 radical (unpaired) electrons. The van der Waals surface area contributed by atoms with Crippen molar-refractivity contribution in [1.82, 2.24) is 0 Å². The van der Waals surface area contributed by atoms with E-state index in [4.69, 9.17) is 19.3 Å². The highest BCUT2D eigenvalue weighted by atomic mass is 19.1. The number of hydrogen-bond donors (Lipinski definition) is 1. The van der Waals surface area contributed by atoms with Crippen LogP contribution in [0.1, 0.15) is 68.4 Å². The van der Waals surface area contributed by atoms with Gasteiger partial charge in [0.1, 0.15) is 29.2 Å². The normalized spacial score (nSPS) is 18.9. The fourth-order valence-corrected chi connectivity index (χ4v) is 4.75. The first kappa shape index (κ1) is 27.6. The minimum absolute atomic E-state index is 0.0439. The molecule has 2 aliphatic heterocycles. The Morgan fingerprint density at radius 2 is 1.71 bits per heavy atom. The molecule has 0 bridgehead atoms. The fraction of sp³-hybridized carbons (Fsp3) is 0.312. The minimum Gasteiger partial charge on any atom is -0.480 e. The van der Waals surface area contributed by atoms with E-state index in [1.807, 2.05) is 69.3 Å². The molecule has 1 fully saturated rings. The molecule has 0 amide bonds. The Bertz CT molecular complexity index is 1270. The lowest BCUT2D eigenvalue weighted by Crippen LogP contribution is -2.25. The van der Waals surface area contributed by atoms with Crippen LogP contribution in [0.2, 0.25) is 0 Å². The molecule has 1 saturated heterocycles. The Balaban J connectivity index is 0.00000164. The van der Waals surface area contributed by atoms with Gasteiger partial charge in [-0.15, -0.1) is 0 Å². The lowest BCUT2D eigenvalue weighted by Gasteiger charge is -2.32. The number of ether oxygens (including phenoxy) is 3. The van der Waals surface area contributed by atoms with Crippen LogP contribution in [0.3, 0.4) is 0 Å². The summed E-state index contributed by atoms with van der Waals surface area (Å²) in [5.41, 5.74) is 4.60. The van der Waals surface area contributed by atoms with Crippen molar-refractivity contribution in [2.75, 3.05) is 13.2 Å². The van der Waals surface area contributed by atoms with Gasteiger partial charge in [-0.25, -0.2) is 8.78 Å². The van der Waals surface area contributed by atoms with Crippen LogP contribution < -0.4 is 9.47 Å². The quantitative estimate of drug-likeness (QED) is 0.358. The average molecular weight is 521 g/mol. The molecule has 0 spiro atoms. The van der Waals surface area contributed by atoms with Crippen LogP contribution in [-0.4, -0.2) is 24.6 Å². The van der Waals surface area contributed by atoms with Crippen molar-refractivity contribution in [1.29, 1.82) is 0 Å². The summed E-state index contributed by atoms with van der Waals surface area (Å²) < 4.78 is 46.7. The van der Waals surface area contributed by atoms with Gasteiger partial charge in [0.15, 0.2) is 6.29 Å². The first-order valence-electron chi connectivity index (χ1n) is 13.2. The van der Waals surface area contributed by atoms with Crippen LogP contribution in [0.25, 0.3) is 17.2 Å². The molecule has 0 aliphatic carbocycles. The standard InChI is InChI=1S/C30H28F2O4.C2H6/c1-19-26-12-11-25(35-28-6-2-3-14-34-28)18-27(26)36-30(21-9-7-20(8-10-21)5-4-13-33)29(19)22-15-23(31)17-24(32)16-22;1-2/h4-5,7-12,15-18,28,30,33H,2-3,6,13-14H2,1H3;1-2H3/b5-4+;. The summed E-state index contributed by atoms with van der Waals surface area (Å²) in [5, 5.41) is 9.05. The monoisotopic (exact) mass is 520 g/mol. The number of fused-ring (bicyclic) bond motifs is 1. The molecule has 2 heterocycles. The number of hydrogen-bond acceptors (Lipinski definition) is 4. The van der Waals surface area contributed by atoms with Crippen LogP contribution in [0.15, 0.2) is 66.7 Å². The SMILES string of the molecule is CC.CC1=C(c2cc(F)cc(F)c2)C(c2ccc(/C=C/CO)cc2)Oc2cc(OC3CCCCO3)ccc21. The van der Waals surface area contributed by atoms with Crippen molar-refractivity contribution in [3.05, 3.63) is 101 Å². The second-order valence-corrected chi connectivity index (χ2v) is 9.02. The maximum atomic E-state index is 14.2. The molecule has 4 nitrogen and oxygen atoms in total. The summed E-state index contributed by atoms with van der Waals surface area (Å²) >= 11 is 0. The van der Waals surface area contributed by atoms with Gasteiger partial charge in [0.25, 0.3) is 0 Å². The third-order valence-corrected chi connectivity index (χ3v) is 6.50. The smallest absolute Gasteiger partial charge is 0.199 e. The second kappa shape index (κ2) is 12.9. The van der Waals surface area contributed by atoms with E-state index >= 15 is 0 Å². The van der Waals surface area contributed by atoms with E-state index in [0.717, 1.165) is 47.6 Å². The molecular weight excluding hydrogens is 486 g/mol. The Hall–Kier alpha value is -3.48. The van der Waals surface area contributed by atoms with Gasteiger partial charge >= 0.3 is 0 Å². The first-order valence-corrected chi connectivity index (χ1v) is 13.2. The van der Waals surface area contributed by atoms with Crippen LogP contribution >= 0.6 is 0 Å². The van der Waals surface area contributed by atoms with Crippen LogP contribution in [0.4, 0.5) is 8.78 Å². The predicted octanol–water partition coefficient (Wildman–Crippen LogP) is 7.97. The highest BCUT2D eigenvalue weighted by Gasteiger charge is 2.30. The second-order valence-electron chi connectivity index (χ2n) is 9.02. The lowest BCUT2D eigenvalue weighted by atomic mass is 9.86. The topological polar surface area (TPSA) is 47.9 Å². The number of allylic oxidation sites excluding steroid dienone is 1. The van der Waals surface area contributed by atoms with Gasteiger partial charge in [0, 0.05) is 29.7 Å². The molecule has 2 unspecified atom stereocenters. The number of benzene rings is 3. The molecular formula is C32H34F2O4. The Morgan fingerprint density at radius 1 is 0.974 bits per heavy atom. The molecule has 3 aromatic carbocycles. The molecule has 2 atom stereocenters. The lowest BCUT2D eigenvalue weighted by molar-refractivity contribution is -0.105. The highest BCUT2D eigenvalue weighted by molar-refractivity contribution is 5.95. The zero-order chi connectivity index (χ0) is 27.1. The summed E-state index contributed by atoms with van der Waals surface area (Å²) in [6.45, 7) is 6.58. The van der Waals surface area contributed by atoms with Crippen molar-refractivity contribution in [2.24, 2.45) is 0 Å². The van der Waals surface area contributed by atoms with E-state index in [9.17, 15) is 8.78 Å². The zero-order valence-corrected chi connectivity index (χ0v) is 22.0. The molecule has 5 rings (SSSR count). The van der Waals surface area contributed by atoms with Crippen molar-refractivity contribution < 1.29 is 28.1 Å². The van der Waals surface area contributed by atoms with Crippen LogP contribution in [0, 0.1) is 11.6 Å². The fourth-order valence-electron chi connectivity index (χ4n) is 4.75. The minimum atomic E-state index is -0.643. The van der Waals surface area contributed by atoms with Gasteiger partial charge in [-0.1, -0.05) is 50.3 Å². The van der Waals surface area contributed by atoms with E-state index in [1.165, 1.54) is 12.1 Å². The summed E-state index contributed by atoms with van der Waals surface area (Å²) in [4.78, 5) is 0. The van der Waals surface area contributed by atoms with E-state index in [-0.39, 0.29) is 12.9 Å². The maximum absolute atomic E-state index is 14.2. The summed E-state index contributed by atoms with van der Waals surface area (Å²) in [6.07, 6.45) is 5.55. The van der Waals surface area contributed by atoms with Crippen LogP contribution in [-0.2, 0) is 4.74 Å². The largest absolute Gasteiger partial charge is 0.480 e. The predicted molar refractivity (Wildman–Crippen MR) is 147 cm³/mol. The van der Waals surface area contributed by atoms with Gasteiger partial charge in [-0.2, -0.15) is 0 Å². The molecule has 2 aliphatic rings.